The fraction of sp³-hybridized carbons (Fsp3) is 0.273. The van der Waals surface area contributed by atoms with Gasteiger partial charge in [0.1, 0.15) is 11.1 Å². The Morgan fingerprint density at radius 2 is 2.05 bits per heavy atom. The molecule has 0 bridgehead atoms. The summed E-state index contributed by atoms with van der Waals surface area (Å²) in [6.07, 6.45) is 0. The summed E-state index contributed by atoms with van der Waals surface area (Å²) in [6, 6.07) is 2.95. The van der Waals surface area contributed by atoms with Crippen LogP contribution >= 0.6 is 0 Å². The van der Waals surface area contributed by atoms with Crippen molar-refractivity contribution in [1.82, 2.24) is 10.6 Å². The van der Waals surface area contributed by atoms with Gasteiger partial charge >= 0.3 is 6.03 Å². The van der Waals surface area contributed by atoms with Crippen LogP contribution in [0.4, 0.5) is 14.9 Å². The minimum absolute atomic E-state index is 0.131. The molecule has 0 spiro atoms. The molecule has 19 heavy (non-hydrogen) atoms. The van der Waals surface area contributed by atoms with Gasteiger partial charge in [0.15, 0.2) is 0 Å². The van der Waals surface area contributed by atoms with Gasteiger partial charge in [0.05, 0.1) is 15.7 Å². The first-order valence-electron chi connectivity index (χ1n) is 5.35. The molecule has 0 aliphatic carbocycles. The Morgan fingerprint density at radius 3 is 2.58 bits per heavy atom. The normalized spacial score (nSPS) is 13.4. The van der Waals surface area contributed by atoms with Gasteiger partial charge in [0.25, 0.3) is 0 Å². The van der Waals surface area contributed by atoms with Gasteiger partial charge in [-0.25, -0.2) is 9.18 Å². The van der Waals surface area contributed by atoms with E-state index in [2.05, 4.69) is 5.32 Å². The highest BCUT2D eigenvalue weighted by Gasteiger charge is 2.24. The second kappa shape index (κ2) is 6.28. The summed E-state index contributed by atoms with van der Waals surface area (Å²) in [5.41, 5.74) is 5.57. The number of anilines is 1. The Bertz CT molecular complexity index is 536. The Morgan fingerprint density at radius 1 is 1.42 bits per heavy atom. The van der Waals surface area contributed by atoms with Gasteiger partial charge in [-0.05, 0) is 25.1 Å². The number of benzene rings is 1. The van der Waals surface area contributed by atoms with Crippen molar-refractivity contribution in [3.8, 4) is 0 Å². The van der Waals surface area contributed by atoms with Crippen LogP contribution in [-0.4, -0.2) is 28.4 Å². The second-order valence-corrected chi connectivity index (χ2v) is 5.44. The van der Waals surface area contributed by atoms with E-state index in [9.17, 15) is 18.2 Å². The zero-order valence-corrected chi connectivity index (χ0v) is 11.2. The van der Waals surface area contributed by atoms with E-state index in [4.69, 9.17) is 5.73 Å². The van der Waals surface area contributed by atoms with E-state index >= 15 is 0 Å². The van der Waals surface area contributed by atoms with Crippen LogP contribution in [0.1, 0.15) is 6.92 Å². The molecule has 8 heteroatoms. The molecular formula is C11H14FN3O3S. The van der Waals surface area contributed by atoms with Crippen LogP contribution in [0.5, 0.6) is 0 Å². The lowest BCUT2D eigenvalue weighted by Gasteiger charge is -2.12. The van der Waals surface area contributed by atoms with Crippen molar-refractivity contribution in [1.29, 1.82) is 0 Å². The molecule has 0 fully saturated rings. The third kappa shape index (κ3) is 3.75. The number of imide groups is 1. The van der Waals surface area contributed by atoms with Gasteiger partial charge in [0.2, 0.25) is 5.91 Å². The molecule has 1 aromatic carbocycles. The van der Waals surface area contributed by atoms with Crippen LogP contribution < -0.4 is 16.4 Å². The summed E-state index contributed by atoms with van der Waals surface area (Å²) in [5.74, 6) is -1.51. The average molecular weight is 287 g/mol. The number of nitrogens with two attached hydrogens (primary N) is 1. The van der Waals surface area contributed by atoms with Crippen molar-refractivity contribution in [2.24, 2.45) is 0 Å². The number of nitrogen functional groups attached to an aromatic ring is 1. The van der Waals surface area contributed by atoms with Crippen molar-refractivity contribution in [2.75, 3.05) is 12.8 Å². The highest BCUT2D eigenvalue weighted by atomic mass is 32.2. The fourth-order valence-electron chi connectivity index (χ4n) is 1.24. The van der Waals surface area contributed by atoms with Gasteiger partial charge in [-0.2, -0.15) is 0 Å². The van der Waals surface area contributed by atoms with Crippen LogP contribution in [0.2, 0.25) is 0 Å². The molecule has 0 radical (unpaired) electrons. The van der Waals surface area contributed by atoms with Gasteiger partial charge < -0.3 is 11.1 Å². The molecule has 4 N–H and O–H groups in total. The van der Waals surface area contributed by atoms with Crippen molar-refractivity contribution in [3.63, 3.8) is 0 Å². The summed E-state index contributed by atoms with van der Waals surface area (Å²) in [6.45, 7) is 1.34. The standard InChI is InChI=1S/C11H14FN3O3S/c1-6(10(16)15-11(17)14-2)19(18)9-4-3-7(13)5-8(9)12/h3-6H,13H2,1-2H3,(H2,14,15,16,17). The van der Waals surface area contributed by atoms with Gasteiger partial charge in [-0.1, -0.05) is 0 Å². The average Bonchev–Trinajstić information content (AvgIpc) is 2.36. The Kier molecular flexibility index (Phi) is 4.99. The van der Waals surface area contributed by atoms with E-state index < -0.39 is 33.8 Å². The third-order valence-electron chi connectivity index (χ3n) is 2.33. The van der Waals surface area contributed by atoms with Crippen molar-refractivity contribution in [3.05, 3.63) is 24.0 Å². The third-order valence-corrected chi connectivity index (χ3v) is 3.95. The minimum atomic E-state index is -1.92. The predicted octanol–water partition coefficient (Wildman–Crippen LogP) is 0.360. The maximum atomic E-state index is 13.6. The molecular weight excluding hydrogens is 273 g/mol. The lowest BCUT2D eigenvalue weighted by Crippen LogP contribution is -2.43. The van der Waals surface area contributed by atoms with E-state index in [0.717, 1.165) is 6.07 Å². The molecule has 0 heterocycles. The van der Waals surface area contributed by atoms with E-state index in [1.54, 1.807) is 0 Å². The van der Waals surface area contributed by atoms with Crippen LogP contribution in [0.3, 0.4) is 0 Å². The van der Waals surface area contributed by atoms with Crippen LogP contribution in [0, 0.1) is 5.82 Å². The maximum absolute atomic E-state index is 13.6. The van der Waals surface area contributed by atoms with Gasteiger partial charge in [-0.15, -0.1) is 0 Å². The summed E-state index contributed by atoms with van der Waals surface area (Å²) >= 11 is 0. The molecule has 0 aliphatic heterocycles. The zero-order chi connectivity index (χ0) is 14.6. The molecule has 0 saturated carbocycles. The lowest BCUT2D eigenvalue weighted by atomic mass is 10.3. The maximum Gasteiger partial charge on any atom is 0.321 e. The van der Waals surface area contributed by atoms with E-state index in [1.165, 1.54) is 26.1 Å². The van der Waals surface area contributed by atoms with Crippen LogP contribution in [-0.2, 0) is 15.6 Å². The summed E-state index contributed by atoms with van der Waals surface area (Å²) in [4.78, 5) is 22.4. The highest BCUT2D eigenvalue weighted by Crippen LogP contribution is 2.18. The highest BCUT2D eigenvalue weighted by molar-refractivity contribution is 7.86. The molecule has 0 aliphatic rings. The number of hydrogen-bond donors (Lipinski definition) is 3. The van der Waals surface area contributed by atoms with Crippen LogP contribution in [0.25, 0.3) is 0 Å². The van der Waals surface area contributed by atoms with E-state index in [1.807, 2.05) is 5.32 Å². The number of carbonyl (C=O) groups excluding carboxylic acids is 2. The topological polar surface area (TPSA) is 101 Å². The first-order chi connectivity index (χ1) is 8.86. The zero-order valence-electron chi connectivity index (χ0n) is 10.4. The molecule has 2 unspecified atom stereocenters. The van der Waals surface area contributed by atoms with Crippen molar-refractivity contribution in [2.45, 2.75) is 17.1 Å². The molecule has 2 atom stereocenters. The van der Waals surface area contributed by atoms with E-state index in [-0.39, 0.29) is 10.6 Å². The number of rotatable bonds is 3. The van der Waals surface area contributed by atoms with Crippen LogP contribution in [0.15, 0.2) is 23.1 Å². The first-order valence-corrected chi connectivity index (χ1v) is 6.56. The Balaban J connectivity index is 2.87. The quantitative estimate of drug-likeness (QED) is 0.699. The Hall–Kier alpha value is -1.96. The molecule has 104 valence electrons. The smallest absolute Gasteiger partial charge is 0.321 e. The lowest BCUT2D eigenvalue weighted by molar-refractivity contribution is -0.119. The second-order valence-electron chi connectivity index (χ2n) is 3.70. The summed E-state index contributed by atoms with van der Waals surface area (Å²) in [5, 5.41) is 3.10. The predicted molar refractivity (Wildman–Crippen MR) is 69.3 cm³/mol. The number of nitrogens with one attached hydrogen (secondary N) is 2. The number of hydrogen-bond acceptors (Lipinski definition) is 4. The molecule has 1 rings (SSSR count). The molecule has 1 aromatic rings. The monoisotopic (exact) mass is 287 g/mol. The molecule has 6 nitrogen and oxygen atoms in total. The van der Waals surface area contributed by atoms with Gasteiger partial charge in [0, 0.05) is 12.7 Å². The molecule has 3 amide bonds. The number of carbonyl (C=O) groups is 2. The SMILES string of the molecule is CNC(=O)NC(=O)C(C)S(=O)c1ccc(N)cc1F. The Labute approximate surface area is 112 Å². The minimum Gasteiger partial charge on any atom is -0.399 e. The fourth-order valence-corrected chi connectivity index (χ4v) is 2.33. The van der Waals surface area contributed by atoms with Crippen molar-refractivity contribution >= 4 is 28.4 Å². The molecule has 0 saturated heterocycles. The van der Waals surface area contributed by atoms with Gasteiger partial charge in [-0.3, -0.25) is 14.3 Å². The summed E-state index contributed by atoms with van der Waals surface area (Å²) in [7, 11) is -0.582. The van der Waals surface area contributed by atoms with Crippen molar-refractivity contribution < 1.29 is 18.2 Å². The largest absolute Gasteiger partial charge is 0.399 e. The number of urea groups is 1. The number of halogens is 1. The number of amides is 3. The van der Waals surface area contributed by atoms with E-state index in [0.29, 0.717) is 0 Å². The molecule has 0 aromatic heterocycles. The summed E-state index contributed by atoms with van der Waals surface area (Å²) < 4.78 is 25.6. The first kappa shape index (κ1) is 15.1.